The quantitative estimate of drug-likeness (QED) is 0.184. The molecule has 5 nitrogen and oxygen atoms in total. The number of benzene rings is 8. The first kappa shape index (κ1) is 30.7. The molecule has 0 aliphatic carbocycles. The highest BCUT2D eigenvalue weighted by Gasteiger charge is 2.32. The Balaban J connectivity index is 1.49. The van der Waals surface area contributed by atoms with E-state index in [0.717, 1.165) is 82.2 Å². The molecule has 55 heavy (non-hydrogen) atoms. The predicted molar refractivity (Wildman–Crippen MR) is 224 cm³/mol. The Hall–Kier alpha value is -7.86. The van der Waals surface area contributed by atoms with Gasteiger partial charge in [-0.2, -0.15) is 10.5 Å². The number of para-hydroxylation sites is 6. The van der Waals surface area contributed by atoms with Gasteiger partial charge in [-0.1, -0.05) is 140 Å². The molecule has 0 N–H and O–H groups in total. The molecule has 0 bridgehead atoms. The van der Waals surface area contributed by atoms with E-state index in [2.05, 4.69) is 159 Å². The van der Waals surface area contributed by atoms with Gasteiger partial charge in [0.2, 0.25) is 0 Å². The lowest BCUT2D eigenvalue weighted by molar-refractivity contribution is 1.06. The van der Waals surface area contributed by atoms with Crippen molar-refractivity contribution in [2.24, 2.45) is 0 Å². The first-order chi connectivity index (χ1) is 27.3. The zero-order valence-corrected chi connectivity index (χ0v) is 29.5. The molecule has 0 radical (unpaired) electrons. The molecule has 0 aliphatic rings. The predicted octanol–water partition coefficient (Wildman–Crippen LogP) is 12.4. The van der Waals surface area contributed by atoms with Gasteiger partial charge in [0, 0.05) is 37.9 Å². The Labute approximate surface area is 316 Å². The SMILES string of the molecule is N#Cc1c(-c2ccccc2)c(-n2c3ccccc3c3ccccc32)c(-n2c3ccccc3c3ccccc32)c(C#N)c1-n1c2ccccc2c2ccccc21. The largest absolute Gasteiger partial charge is 0.307 e. The van der Waals surface area contributed by atoms with Gasteiger partial charge >= 0.3 is 0 Å². The minimum Gasteiger partial charge on any atom is -0.307 e. The van der Waals surface area contributed by atoms with Crippen LogP contribution in [0.3, 0.4) is 0 Å². The molecule has 254 valence electrons. The van der Waals surface area contributed by atoms with Crippen molar-refractivity contribution in [1.29, 1.82) is 10.5 Å². The van der Waals surface area contributed by atoms with Crippen LogP contribution in [-0.4, -0.2) is 13.7 Å². The van der Waals surface area contributed by atoms with Crippen molar-refractivity contribution in [3.63, 3.8) is 0 Å². The van der Waals surface area contributed by atoms with Gasteiger partial charge in [-0.15, -0.1) is 0 Å². The van der Waals surface area contributed by atoms with E-state index in [-0.39, 0.29) is 0 Å². The van der Waals surface area contributed by atoms with Crippen LogP contribution in [0.4, 0.5) is 0 Å². The lowest BCUT2D eigenvalue weighted by atomic mass is 9.91. The lowest BCUT2D eigenvalue weighted by Crippen LogP contribution is -2.14. The van der Waals surface area contributed by atoms with Gasteiger partial charge in [-0.05, 0) is 42.0 Å². The van der Waals surface area contributed by atoms with Gasteiger partial charge in [0.05, 0.1) is 55.7 Å². The standard InChI is InChI=1S/C50H29N5/c51-30-39-47(32-16-2-1-3-17-32)50(55-45-28-14-8-22-37(45)38-23-9-15-29-46(38)55)49(54-43-26-12-6-20-35(43)36-21-7-13-27-44(36)54)40(31-52)48(39)53-41-24-10-4-18-33(41)34-19-5-11-25-42(34)53/h1-29H. The molecule has 3 aromatic heterocycles. The third kappa shape index (κ3) is 4.21. The second-order valence-corrected chi connectivity index (χ2v) is 13.9. The molecular formula is C50H29N5. The number of hydrogen-bond donors (Lipinski definition) is 0. The van der Waals surface area contributed by atoms with Crippen LogP contribution in [0.25, 0.3) is 93.6 Å². The summed E-state index contributed by atoms with van der Waals surface area (Å²) in [4.78, 5) is 0. The molecule has 0 unspecified atom stereocenters. The van der Waals surface area contributed by atoms with E-state index in [1.165, 1.54) is 0 Å². The Morgan fingerprint density at radius 1 is 0.291 bits per heavy atom. The number of fused-ring (bicyclic) bond motifs is 9. The highest BCUT2D eigenvalue weighted by atomic mass is 15.1. The van der Waals surface area contributed by atoms with Gasteiger partial charge in [-0.3, -0.25) is 0 Å². The molecule has 0 saturated heterocycles. The van der Waals surface area contributed by atoms with E-state index >= 15 is 0 Å². The topological polar surface area (TPSA) is 62.4 Å². The van der Waals surface area contributed by atoms with E-state index in [0.29, 0.717) is 22.5 Å². The fraction of sp³-hybridized carbons (Fsp3) is 0. The second kappa shape index (κ2) is 11.8. The summed E-state index contributed by atoms with van der Waals surface area (Å²) in [5, 5.41) is 29.9. The number of rotatable bonds is 4. The molecule has 11 aromatic rings. The Morgan fingerprint density at radius 2 is 0.582 bits per heavy atom. The van der Waals surface area contributed by atoms with E-state index in [9.17, 15) is 10.5 Å². The van der Waals surface area contributed by atoms with Crippen LogP contribution >= 0.6 is 0 Å². The molecule has 0 spiro atoms. The Morgan fingerprint density at radius 3 is 0.927 bits per heavy atom. The molecule has 0 atom stereocenters. The molecule has 3 heterocycles. The van der Waals surface area contributed by atoms with Gasteiger partial charge in [0.25, 0.3) is 0 Å². The van der Waals surface area contributed by atoms with Crippen molar-refractivity contribution in [3.8, 4) is 40.3 Å². The van der Waals surface area contributed by atoms with Crippen LogP contribution in [0.15, 0.2) is 176 Å². The van der Waals surface area contributed by atoms with Gasteiger partial charge < -0.3 is 13.7 Å². The first-order valence-corrected chi connectivity index (χ1v) is 18.3. The van der Waals surface area contributed by atoms with E-state index in [4.69, 9.17) is 0 Å². The maximum absolute atomic E-state index is 11.8. The summed E-state index contributed by atoms with van der Waals surface area (Å²) in [7, 11) is 0. The summed E-state index contributed by atoms with van der Waals surface area (Å²) in [6, 6.07) is 65.8. The second-order valence-electron chi connectivity index (χ2n) is 13.9. The average molecular weight is 700 g/mol. The molecule has 11 rings (SSSR count). The van der Waals surface area contributed by atoms with Crippen molar-refractivity contribution in [3.05, 3.63) is 187 Å². The summed E-state index contributed by atoms with van der Waals surface area (Å²) >= 11 is 0. The normalized spacial score (nSPS) is 11.6. The third-order valence-electron chi connectivity index (χ3n) is 11.1. The van der Waals surface area contributed by atoms with Crippen LogP contribution in [0, 0.1) is 22.7 Å². The fourth-order valence-corrected chi connectivity index (χ4v) is 8.96. The number of hydrogen-bond acceptors (Lipinski definition) is 2. The lowest BCUT2D eigenvalue weighted by Gasteiger charge is -2.26. The van der Waals surface area contributed by atoms with Crippen LogP contribution in [0.1, 0.15) is 11.1 Å². The summed E-state index contributed by atoms with van der Waals surface area (Å²) in [5.41, 5.74) is 10.3. The molecule has 8 aromatic carbocycles. The van der Waals surface area contributed by atoms with Gasteiger partial charge in [0.1, 0.15) is 17.7 Å². The first-order valence-electron chi connectivity index (χ1n) is 18.3. The van der Waals surface area contributed by atoms with Gasteiger partial charge in [0.15, 0.2) is 0 Å². The highest BCUT2D eigenvalue weighted by Crippen LogP contribution is 2.48. The van der Waals surface area contributed by atoms with Crippen molar-refractivity contribution in [2.45, 2.75) is 0 Å². The van der Waals surface area contributed by atoms with Crippen LogP contribution in [-0.2, 0) is 0 Å². The van der Waals surface area contributed by atoms with E-state index < -0.39 is 0 Å². The Bertz CT molecular complexity index is 3290. The molecule has 0 fully saturated rings. The maximum Gasteiger partial charge on any atom is 0.104 e. The van der Waals surface area contributed by atoms with E-state index in [1.807, 2.05) is 42.5 Å². The molecule has 0 amide bonds. The van der Waals surface area contributed by atoms with Gasteiger partial charge in [-0.25, -0.2) is 0 Å². The summed E-state index contributed by atoms with van der Waals surface area (Å²) in [6.45, 7) is 0. The van der Waals surface area contributed by atoms with E-state index in [1.54, 1.807) is 0 Å². The maximum atomic E-state index is 11.8. The number of aromatic nitrogens is 3. The summed E-state index contributed by atoms with van der Waals surface area (Å²) in [6.07, 6.45) is 0. The molecular weight excluding hydrogens is 671 g/mol. The number of nitriles is 2. The minimum atomic E-state index is 0.408. The van der Waals surface area contributed by atoms with Crippen LogP contribution < -0.4 is 0 Å². The third-order valence-corrected chi connectivity index (χ3v) is 11.1. The van der Waals surface area contributed by atoms with Crippen molar-refractivity contribution in [1.82, 2.24) is 13.7 Å². The Kier molecular flexibility index (Phi) is 6.61. The van der Waals surface area contributed by atoms with Crippen molar-refractivity contribution >= 4 is 65.4 Å². The molecule has 0 aliphatic heterocycles. The van der Waals surface area contributed by atoms with Crippen LogP contribution in [0.2, 0.25) is 0 Å². The minimum absolute atomic E-state index is 0.408. The van der Waals surface area contributed by atoms with Crippen molar-refractivity contribution in [2.75, 3.05) is 0 Å². The number of nitrogens with zero attached hydrogens (tertiary/aromatic N) is 5. The smallest absolute Gasteiger partial charge is 0.104 e. The zero-order chi connectivity index (χ0) is 36.6. The molecule has 0 saturated carbocycles. The fourth-order valence-electron chi connectivity index (χ4n) is 8.96. The summed E-state index contributed by atoms with van der Waals surface area (Å²) < 4.78 is 6.68. The average Bonchev–Trinajstić information content (AvgIpc) is 3.89. The monoisotopic (exact) mass is 699 g/mol. The zero-order valence-electron chi connectivity index (χ0n) is 29.5. The van der Waals surface area contributed by atoms with Crippen molar-refractivity contribution < 1.29 is 0 Å². The molecule has 5 heteroatoms. The summed E-state index contributed by atoms with van der Waals surface area (Å²) in [5.74, 6) is 0. The van der Waals surface area contributed by atoms with Crippen LogP contribution in [0.5, 0.6) is 0 Å². The highest BCUT2D eigenvalue weighted by molar-refractivity contribution is 6.14.